The largest absolute Gasteiger partial charge is 0.480 e. The first-order valence-corrected chi connectivity index (χ1v) is 18.8. The zero-order valence-corrected chi connectivity index (χ0v) is 31.6. The highest BCUT2D eigenvalue weighted by Crippen LogP contribution is 2.37. The SMILES string of the molecule is Cn1c(-c2cn(-c3ccc(N)cn3)nc2C(F)(F)F)cnc1C(=O)Nc1ccc(C(=O)N2CCN(C(=O)C(C3CCN(CC(=O)O)CC3)C3CNC3)CC2)c(Cl)c1. The lowest BCUT2D eigenvalue weighted by Gasteiger charge is -2.45. The highest BCUT2D eigenvalue weighted by Gasteiger charge is 2.43. The number of carbonyl (C=O) groups excluding carboxylic acids is 3. The zero-order valence-electron chi connectivity index (χ0n) is 30.9. The molecule has 0 bridgehead atoms. The number of rotatable bonds is 10. The summed E-state index contributed by atoms with van der Waals surface area (Å²) < 4.78 is 44.4. The number of likely N-dealkylation sites (tertiary alicyclic amines) is 1. The van der Waals surface area contributed by atoms with E-state index < -0.39 is 23.7 Å². The average Bonchev–Trinajstić information content (AvgIpc) is 3.77. The molecule has 57 heavy (non-hydrogen) atoms. The van der Waals surface area contributed by atoms with Crippen LogP contribution in [-0.2, 0) is 22.8 Å². The van der Waals surface area contributed by atoms with E-state index in [-0.39, 0.29) is 75.3 Å². The molecule has 3 aromatic heterocycles. The number of amides is 3. The standard InChI is InChI=1S/C37H41ClF3N11O5/c1-48-28(26-19-52(47-32(26)37(39,40)41)29-5-2-23(42)17-44-29)18-45-33(48)34(55)46-24-3-4-25(27(38)14-24)35(56)50-10-12-51(13-11-50)36(57)31(22-15-43-16-22)21-6-8-49(9-7-21)20-30(53)54/h2-5,14,17-19,21-22,31,43H,6-13,15-16,20,42H2,1H3,(H,46,55)(H,53,54). The third-order valence-corrected chi connectivity index (χ3v) is 11.2. The number of hydrogen-bond donors (Lipinski definition) is 4. The Morgan fingerprint density at radius 1 is 0.982 bits per heavy atom. The third-order valence-electron chi connectivity index (χ3n) is 10.9. The molecule has 16 nitrogen and oxygen atoms in total. The molecular formula is C37H41ClF3N11O5. The molecule has 4 aromatic rings. The number of anilines is 2. The topological polar surface area (TPSA) is 197 Å². The summed E-state index contributed by atoms with van der Waals surface area (Å²) in [5.74, 6) is -1.72. The molecule has 7 rings (SSSR count). The van der Waals surface area contributed by atoms with E-state index in [2.05, 4.69) is 25.7 Å². The van der Waals surface area contributed by atoms with Crippen LogP contribution in [0.2, 0.25) is 5.02 Å². The molecule has 1 aromatic carbocycles. The van der Waals surface area contributed by atoms with Gasteiger partial charge in [0.1, 0.15) is 0 Å². The number of nitrogens with two attached hydrogens (primary N) is 1. The Labute approximate surface area is 329 Å². The normalized spacial score (nSPS) is 17.6. The van der Waals surface area contributed by atoms with Crippen LogP contribution >= 0.6 is 11.6 Å². The summed E-state index contributed by atoms with van der Waals surface area (Å²) in [6, 6.07) is 7.28. The van der Waals surface area contributed by atoms with Crippen LogP contribution in [0.3, 0.4) is 0 Å². The predicted octanol–water partition coefficient (Wildman–Crippen LogP) is 3.09. The zero-order chi connectivity index (χ0) is 40.6. The number of imidazole rings is 1. The first kappa shape index (κ1) is 39.7. The van der Waals surface area contributed by atoms with Gasteiger partial charge in [-0.1, -0.05) is 11.6 Å². The lowest BCUT2D eigenvalue weighted by molar-refractivity contribution is -0.144. The predicted molar refractivity (Wildman–Crippen MR) is 202 cm³/mol. The number of nitrogens with zero attached hydrogens (tertiary/aromatic N) is 8. The molecule has 0 radical (unpaired) electrons. The lowest BCUT2D eigenvalue weighted by Crippen LogP contribution is -2.58. The van der Waals surface area contributed by atoms with Gasteiger partial charge in [0, 0.05) is 51.0 Å². The molecule has 1 unspecified atom stereocenters. The van der Waals surface area contributed by atoms with Gasteiger partial charge in [-0.15, -0.1) is 0 Å². The van der Waals surface area contributed by atoms with Crippen molar-refractivity contribution >= 4 is 46.7 Å². The van der Waals surface area contributed by atoms with E-state index in [9.17, 15) is 32.3 Å². The van der Waals surface area contributed by atoms with Crippen LogP contribution in [0, 0.1) is 17.8 Å². The molecule has 0 spiro atoms. The third kappa shape index (κ3) is 8.45. The summed E-state index contributed by atoms with van der Waals surface area (Å²) in [5.41, 5.74) is 4.87. The quantitative estimate of drug-likeness (QED) is 0.184. The molecule has 3 aliphatic heterocycles. The van der Waals surface area contributed by atoms with Crippen LogP contribution in [0.15, 0.2) is 48.9 Å². The minimum absolute atomic E-state index is 0.00244. The molecule has 302 valence electrons. The van der Waals surface area contributed by atoms with Crippen molar-refractivity contribution in [1.29, 1.82) is 0 Å². The highest BCUT2D eigenvalue weighted by molar-refractivity contribution is 6.34. The monoisotopic (exact) mass is 811 g/mol. The minimum Gasteiger partial charge on any atom is -0.480 e. The summed E-state index contributed by atoms with van der Waals surface area (Å²) >= 11 is 6.56. The van der Waals surface area contributed by atoms with E-state index in [4.69, 9.17) is 22.4 Å². The molecule has 3 amide bonds. The van der Waals surface area contributed by atoms with Crippen LogP contribution in [0.1, 0.15) is 39.5 Å². The summed E-state index contributed by atoms with van der Waals surface area (Å²) in [6.07, 6.45) is 0.270. The van der Waals surface area contributed by atoms with Crippen molar-refractivity contribution in [3.63, 3.8) is 0 Å². The first-order valence-electron chi connectivity index (χ1n) is 18.4. The maximum absolute atomic E-state index is 14.1. The Hall–Kier alpha value is -5.53. The van der Waals surface area contributed by atoms with Crippen LogP contribution in [0.5, 0.6) is 0 Å². The maximum Gasteiger partial charge on any atom is 0.435 e. The van der Waals surface area contributed by atoms with Crippen molar-refractivity contribution in [3.8, 4) is 17.1 Å². The van der Waals surface area contributed by atoms with Gasteiger partial charge >= 0.3 is 12.1 Å². The second-order valence-electron chi connectivity index (χ2n) is 14.5. The van der Waals surface area contributed by atoms with Gasteiger partial charge < -0.3 is 35.8 Å². The number of carbonyl (C=O) groups is 4. The van der Waals surface area contributed by atoms with Crippen molar-refractivity contribution in [2.24, 2.45) is 24.8 Å². The highest BCUT2D eigenvalue weighted by atomic mass is 35.5. The number of aromatic nitrogens is 5. The van der Waals surface area contributed by atoms with Gasteiger partial charge in [0.15, 0.2) is 17.3 Å². The van der Waals surface area contributed by atoms with E-state index in [1.807, 2.05) is 9.80 Å². The van der Waals surface area contributed by atoms with Crippen LogP contribution in [0.4, 0.5) is 24.5 Å². The molecule has 6 heterocycles. The molecular weight excluding hydrogens is 771 g/mol. The Balaban J connectivity index is 0.978. The number of hydrogen-bond acceptors (Lipinski definition) is 10. The van der Waals surface area contributed by atoms with Crippen LogP contribution in [0.25, 0.3) is 17.1 Å². The van der Waals surface area contributed by atoms with Gasteiger partial charge in [-0.3, -0.25) is 24.1 Å². The second kappa shape index (κ2) is 16.1. The Kier molecular flexibility index (Phi) is 11.2. The maximum atomic E-state index is 14.1. The van der Waals surface area contributed by atoms with Gasteiger partial charge in [0.2, 0.25) is 5.91 Å². The van der Waals surface area contributed by atoms with Crippen LogP contribution < -0.4 is 16.4 Å². The van der Waals surface area contributed by atoms with Gasteiger partial charge in [-0.05, 0) is 81.2 Å². The fourth-order valence-corrected chi connectivity index (χ4v) is 8.03. The minimum atomic E-state index is -4.83. The molecule has 3 fully saturated rings. The van der Waals surface area contributed by atoms with E-state index in [0.29, 0.717) is 45.0 Å². The van der Waals surface area contributed by atoms with Crippen molar-refractivity contribution in [2.75, 3.05) is 70.0 Å². The number of nitrogens with one attached hydrogen (secondary N) is 2. The van der Waals surface area contributed by atoms with Crippen molar-refractivity contribution in [1.82, 2.24) is 44.3 Å². The Morgan fingerprint density at radius 3 is 2.28 bits per heavy atom. The van der Waals surface area contributed by atoms with Crippen molar-refractivity contribution in [2.45, 2.75) is 19.0 Å². The summed E-state index contributed by atoms with van der Waals surface area (Å²) in [4.78, 5) is 65.5. The van der Waals surface area contributed by atoms with E-state index in [1.54, 1.807) is 4.90 Å². The summed E-state index contributed by atoms with van der Waals surface area (Å²) in [7, 11) is 1.40. The number of nitrogen functional groups attached to an aromatic ring is 1. The number of piperidine rings is 1. The van der Waals surface area contributed by atoms with Gasteiger partial charge in [-0.2, -0.15) is 18.3 Å². The number of aliphatic carboxylic acids is 1. The number of carboxylic acids is 1. The number of pyridine rings is 1. The molecule has 0 aliphatic carbocycles. The number of alkyl halides is 3. The van der Waals surface area contributed by atoms with Crippen molar-refractivity contribution in [3.05, 3.63) is 71.0 Å². The number of halogens is 4. The van der Waals surface area contributed by atoms with E-state index in [0.717, 1.165) is 43.0 Å². The smallest absolute Gasteiger partial charge is 0.435 e. The number of carboxylic acid groups (broad SMARTS) is 1. The van der Waals surface area contributed by atoms with Gasteiger partial charge in [0.25, 0.3) is 11.8 Å². The molecule has 20 heteroatoms. The fraction of sp³-hybridized carbons (Fsp3) is 0.432. The summed E-state index contributed by atoms with van der Waals surface area (Å²) in [5, 5.41) is 18.9. The van der Waals surface area contributed by atoms with Crippen LogP contribution in [-0.4, -0.2) is 127 Å². The number of benzene rings is 1. The van der Waals surface area contributed by atoms with E-state index in [1.165, 1.54) is 48.1 Å². The lowest BCUT2D eigenvalue weighted by atomic mass is 9.73. The molecule has 1 atom stereocenters. The van der Waals surface area contributed by atoms with E-state index >= 15 is 0 Å². The fourth-order valence-electron chi connectivity index (χ4n) is 7.77. The first-order chi connectivity index (χ1) is 27.2. The Morgan fingerprint density at radius 2 is 1.68 bits per heavy atom. The van der Waals surface area contributed by atoms with Gasteiger partial charge in [-0.25, -0.2) is 14.6 Å². The average molecular weight is 812 g/mol. The Bertz CT molecular complexity index is 2160. The summed E-state index contributed by atoms with van der Waals surface area (Å²) in [6.45, 7) is 4.14. The molecule has 3 saturated heterocycles. The second-order valence-corrected chi connectivity index (χ2v) is 14.9. The van der Waals surface area contributed by atoms with Gasteiger partial charge in [0.05, 0.1) is 46.5 Å². The number of piperazine rings is 1. The molecule has 5 N–H and O–H groups in total. The van der Waals surface area contributed by atoms with Crippen molar-refractivity contribution < 1.29 is 37.5 Å². The molecule has 0 saturated carbocycles. The molecule has 3 aliphatic rings.